The van der Waals surface area contributed by atoms with E-state index in [0.29, 0.717) is 11.3 Å². The van der Waals surface area contributed by atoms with Gasteiger partial charge in [-0.05, 0) is 80.5 Å². The van der Waals surface area contributed by atoms with Crippen molar-refractivity contribution in [3.8, 4) is 17.0 Å². The summed E-state index contributed by atoms with van der Waals surface area (Å²) < 4.78 is 8.05. The second kappa shape index (κ2) is 12.1. The second-order valence-corrected chi connectivity index (χ2v) is 12.4. The zero-order valence-corrected chi connectivity index (χ0v) is 24.4. The van der Waals surface area contributed by atoms with Gasteiger partial charge in [-0.3, -0.25) is 4.40 Å². The summed E-state index contributed by atoms with van der Waals surface area (Å²) in [4.78, 5) is 18.2. The first kappa shape index (κ1) is 28.4. The van der Waals surface area contributed by atoms with Crippen molar-refractivity contribution >= 4 is 17.4 Å². The highest BCUT2D eigenvalue weighted by molar-refractivity contribution is 5.92. The molecule has 206 valence electrons. The van der Waals surface area contributed by atoms with Gasteiger partial charge in [-0.15, -0.1) is 0 Å². The van der Waals surface area contributed by atoms with Crippen LogP contribution in [0.3, 0.4) is 0 Å². The van der Waals surface area contributed by atoms with Crippen molar-refractivity contribution in [2.75, 3.05) is 5.32 Å². The van der Waals surface area contributed by atoms with Crippen LogP contribution in [-0.4, -0.2) is 20.9 Å². The molecule has 0 radical (unpaired) electrons. The molecule has 0 spiro atoms. The minimum absolute atomic E-state index is 0.148. The van der Waals surface area contributed by atoms with Gasteiger partial charge in [0, 0.05) is 17.3 Å². The quantitative estimate of drug-likeness (QED) is 0.121. The van der Waals surface area contributed by atoms with E-state index in [9.17, 15) is 4.79 Å². The first-order chi connectivity index (χ1) is 18.6. The lowest BCUT2D eigenvalue weighted by Crippen LogP contribution is -2.36. The van der Waals surface area contributed by atoms with Gasteiger partial charge in [-0.25, -0.2) is 9.78 Å². The van der Waals surface area contributed by atoms with Crippen LogP contribution >= 0.6 is 0 Å². The van der Waals surface area contributed by atoms with Crippen LogP contribution in [0.2, 0.25) is 0 Å². The van der Waals surface area contributed by atoms with Crippen LogP contribution in [0.4, 0.5) is 5.82 Å². The van der Waals surface area contributed by atoms with Crippen LogP contribution in [0.25, 0.3) is 16.9 Å². The Balaban J connectivity index is 1.62. The van der Waals surface area contributed by atoms with Crippen LogP contribution in [0, 0.1) is 5.41 Å². The first-order valence-electron chi connectivity index (χ1n) is 14.2. The molecule has 2 aromatic carbocycles. The van der Waals surface area contributed by atoms with Crippen molar-refractivity contribution < 1.29 is 9.53 Å². The molecule has 0 aliphatic heterocycles. The Labute approximate surface area is 233 Å². The molecule has 0 aliphatic rings. The number of hydrogen-bond donors (Lipinski definition) is 1. The molecule has 39 heavy (non-hydrogen) atoms. The largest absolute Gasteiger partial charge is 0.422 e. The molecule has 2 aromatic heterocycles. The molecule has 0 amide bonds. The van der Waals surface area contributed by atoms with E-state index in [2.05, 4.69) is 51.3 Å². The fraction of sp³-hybridized carbons (Fsp3) is 0.412. The number of nitrogens with zero attached hydrogens (tertiary/aromatic N) is 2. The number of anilines is 1. The van der Waals surface area contributed by atoms with Crippen molar-refractivity contribution in [1.29, 1.82) is 0 Å². The van der Waals surface area contributed by atoms with Gasteiger partial charge < -0.3 is 10.1 Å². The summed E-state index contributed by atoms with van der Waals surface area (Å²) in [5, 5.41) is 3.77. The Morgan fingerprint density at radius 2 is 1.62 bits per heavy atom. The number of pyridine rings is 1. The highest BCUT2D eigenvalue weighted by Crippen LogP contribution is 2.38. The molecule has 2 heterocycles. The number of benzene rings is 2. The summed E-state index contributed by atoms with van der Waals surface area (Å²) >= 11 is 0. The zero-order chi connectivity index (χ0) is 28.0. The lowest BCUT2D eigenvalue weighted by atomic mass is 9.82. The lowest BCUT2D eigenvalue weighted by molar-refractivity contribution is 0.0735. The number of carbonyl (C=O) groups excluding carboxylic acids is 1. The Morgan fingerprint density at radius 1 is 0.897 bits per heavy atom. The summed E-state index contributed by atoms with van der Waals surface area (Å²) in [6.45, 7) is 13.4. The summed E-state index contributed by atoms with van der Waals surface area (Å²) in [7, 11) is 0. The van der Waals surface area contributed by atoms with E-state index in [0.717, 1.165) is 35.6 Å². The predicted octanol–water partition coefficient (Wildman–Crippen LogP) is 8.97. The maximum Gasteiger partial charge on any atom is 0.343 e. The van der Waals surface area contributed by atoms with Gasteiger partial charge >= 0.3 is 5.97 Å². The molecular weight excluding hydrogens is 482 g/mol. The molecule has 0 bridgehead atoms. The fourth-order valence-corrected chi connectivity index (χ4v) is 5.47. The highest BCUT2D eigenvalue weighted by atomic mass is 16.5. The van der Waals surface area contributed by atoms with Crippen LogP contribution in [0.1, 0.15) is 89.6 Å². The first-order valence-corrected chi connectivity index (χ1v) is 14.2. The molecule has 0 unspecified atom stereocenters. The topological polar surface area (TPSA) is 55.6 Å². The Hall–Kier alpha value is -3.60. The molecule has 5 nitrogen and oxygen atoms in total. The third kappa shape index (κ3) is 7.50. The van der Waals surface area contributed by atoms with Gasteiger partial charge in [0.05, 0.1) is 5.56 Å². The van der Waals surface area contributed by atoms with Crippen LogP contribution in [0.15, 0.2) is 72.9 Å². The van der Waals surface area contributed by atoms with Crippen molar-refractivity contribution in [3.63, 3.8) is 0 Å². The summed E-state index contributed by atoms with van der Waals surface area (Å²) in [6, 6.07) is 21.4. The number of hydrogen-bond acceptors (Lipinski definition) is 4. The number of aryl methyl sites for hydroxylation is 1. The van der Waals surface area contributed by atoms with Gasteiger partial charge in [-0.2, -0.15) is 0 Å². The van der Waals surface area contributed by atoms with E-state index in [1.54, 1.807) is 0 Å². The maximum absolute atomic E-state index is 13.2. The minimum atomic E-state index is -0.369. The molecule has 1 N–H and O–H groups in total. The van der Waals surface area contributed by atoms with Gasteiger partial charge in [0.1, 0.15) is 22.9 Å². The van der Waals surface area contributed by atoms with E-state index in [-0.39, 0.29) is 16.9 Å². The number of imidazole rings is 1. The number of rotatable bonds is 11. The van der Waals surface area contributed by atoms with E-state index in [1.165, 1.54) is 31.2 Å². The predicted molar refractivity (Wildman–Crippen MR) is 162 cm³/mol. The second-order valence-electron chi connectivity index (χ2n) is 12.4. The summed E-state index contributed by atoms with van der Waals surface area (Å²) in [5.74, 6) is 1.01. The molecular formula is C34H43N3O2. The molecule has 0 atom stereocenters. The molecule has 4 rings (SSSR count). The van der Waals surface area contributed by atoms with Gasteiger partial charge in [0.2, 0.25) is 0 Å². The van der Waals surface area contributed by atoms with Crippen molar-refractivity contribution in [1.82, 2.24) is 9.38 Å². The van der Waals surface area contributed by atoms with Gasteiger partial charge in [0.25, 0.3) is 0 Å². The molecule has 4 aromatic rings. The number of esters is 1. The average molecular weight is 526 g/mol. The Bertz CT molecular complexity index is 1390. The lowest BCUT2D eigenvalue weighted by Gasteiger charge is -2.34. The van der Waals surface area contributed by atoms with Crippen LogP contribution < -0.4 is 10.1 Å². The third-order valence-electron chi connectivity index (χ3n) is 6.81. The van der Waals surface area contributed by atoms with Crippen molar-refractivity contribution in [2.24, 2.45) is 5.41 Å². The number of carbonyl (C=O) groups is 1. The monoisotopic (exact) mass is 525 g/mol. The standard InChI is InChI=1S/C34H43N3O2/c1-7-8-9-10-15-25-19-21-26(22-20-25)32(38)39-28-17-12-11-16-27(28)30-31(36-34(5,6)24-33(2,3)4)37-23-14-13-18-29(37)35-30/h11-14,16-23,36H,7-10,15,24H2,1-6H3. The maximum atomic E-state index is 13.2. The molecule has 0 saturated carbocycles. The van der Waals surface area contributed by atoms with Crippen LogP contribution in [0.5, 0.6) is 5.75 Å². The SMILES string of the molecule is CCCCCCc1ccc(C(=O)Oc2ccccc2-c2nc3ccccn3c2NC(C)(C)CC(C)(C)C)cc1. The summed E-state index contributed by atoms with van der Waals surface area (Å²) in [5.41, 5.74) is 4.11. The number of unbranched alkanes of at least 4 members (excludes halogenated alkanes) is 3. The van der Waals surface area contributed by atoms with E-state index < -0.39 is 0 Å². The average Bonchev–Trinajstić information content (AvgIpc) is 3.23. The van der Waals surface area contributed by atoms with Crippen LogP contribution in [-0.2, 0) is 6.42 Å². The zero-order valence-electron chi connectivity index (χ0n) is 24.4. The molecule has 0 aliphatic carbocycles. The number of para-hydroxylation sites is 1. The molecule has 0 saturated heterocycles. The van der Waals surface area contributed by atoms with Crippen molar-refractivity contribution in [3.05, 3.63) is 84.1 Å². The Kier molecular flexibility index (Phi) is 8.79. The molecule has 0 fully saturated rings. The smallest absolute Gasteiger partial charge is 0.343 e. The van der Waals surface area contributed by atoms with E-state index in [4.69, 9.17) is 9.72 Å². The van der Waals surface area contributed by atoms with Gasteiger partial charge in [-0.1, -0.05) is 77.3 Å². The third-order valence-corrected chi connectivity index (χ3v) is 6.81. The number of aromatic nitrogens is 2. The molecule has 5 heteroatoms. The van der Waals surface area contributed by atoms with E-state index in [1.807, 2.05) is 72.9 Å². The van der Waals surface area contributed by atoms with Crippen molar-refractivity contribution in [2.45, 2.75) is 85.6 Å². The Morgan fingerprint density at radius 3 is 2.33 bits per heavy atom. The van der Waals surface area contributed by atoms with E-state index >= 15 is 0 Å². The number of nitrogens with one attached hydrogen (secondary N) is 1. The highest BCUT2D eigenvalue weighted by Gasteiger charge is 2.29. The number of fused-ring (bicyclic) bond motifs is 1. The fourth-order valence-electron chi connectivity index (χ4n) is 5.47. The normalized spacial score (nSPS) is 12.1. The van der Waals surface area contributed by atoms with Gasteiger partial charge in [0.15, 0.2) is 0 Å². The summed E-state index contributed by atoms with van der Waals surface area (Å²) in [6.07, 6.45) is 8.92. The number of ether oxygens (including phenoxy) is 1. The minimum Gasteiger partial charge on any atom is -0.422 e.